The van der Waals surface area contributed by atoms with Gasteiger partial charge in [-0.15, -0.1) is 0 Å². The van der Waals surface area contributed by atoms with E-state index >= 15 is 0 Å². The van der Waals surface area contributed by atoms with E-state index in [1.807, 2.05) is 0 Å². The standard InChI is InChI=1S/C21H39N5O14/c1-5-21(35,4-28)16(40-17-8(25-2)10(30)9(29)6(3-27)37-17)18(36-5)38-14-7(26-19(22)23)11(31)15(39-20(24)34)13(33)12(14)32/h5-18,25,27-33,35H,3-4H2,1-2H3,(H2,24,34)(H4,22,23,26)/t5-,6-,7-,8-,9-,10-,11-,12+,13+,14+,15+,16-,17?,18-,21+/m0/s1. The van der Waals surface area contributed by atoms with Crippen LogP contribution < -0.4 is 22.5 Å². The number of nitrogens with one attached hydrogen (secondary N) is 1. The Morgan fingerprint density at radius 2 is 1.55 bits per heavy atom. The minimum absolute atomic E-state index is 0.575. The maximum atomic E-state index is 11.3. The number of aliphatic imine (C=N–C) groups is 1. The van der Waals surface area contributed by atoms with Gasteiger partial charge in [-0.05, 0) is 14.0 Å². The van der Waals surface area contributed by atoms with Crippen molar-refractivity contribution in [2.45, 2.75) is 98.2 Å². The summed E-state index contributed by atoms with van der Waals surface area (Å²) in [4.78, 5) is 15.1. The van der Waals surface area contributed by atoms with Gasteiger partial charge in [0.05, 0.1) is 25.4 Å². The number of ether oxygens (including phenoxy) is 5. The molecule has 40 heavy (non-hydrogen) atoms. The molecule has 1 amide bonds. The Kier molecular flexibility index (Phi) is 10.5. The summed E-state index contributed by atoms with van der Waals surface area (Å²) in [6.45, 7) is -0.267. The van der Waals surface area contributed by atoms with Crippen molar-refractivity contribution in [1.29, 1.82) is 0 Å². The predicted molar refractivity (Wildman–Crippen MR) is 129 cm³/mol. The number of guanidine groups is 1. The summed E-state index contributed by atoms with van der Waals surface area (Å²) in [5.41, 5.74) is 13.8. The monoisotopic (exact) mass is 585 g/mol. The quantitative estimate of drug-likeness (QED) is 0.0882. The van der Waals surface area contributed by atoms with Gasteiger partial charge < -0.3 is 87.1 Å². The first-order chi connectivity index (χ1) is 18.7. The van der Waals surface area contributed by atoms with E-state index in [4.69, 9.17) is 40.9 Å². The molecule has 2 heterocycles. The highest BCUT2D eigenvalue weighted by Gasteiger charge is 2.60. The number of likely N-dealkylation sites (N-methyl/N-ethyl adjacent to an activating group) is 1. The highest BCUT2D eigenvalue weighted by atomic mass is 16.8. The van der Waals surface area contributed by atoms with Gasteiger partial charge in [0.15, 0.2) is 24.6 Å². The molecule has 0 aromatic carbocycles. The normalized spacial score (nSPS) is 47.5. The van der Waals surface area contributed by atoms with Crippen molar-refractivity contribution in [1.82, 2.24) is 5.32 Å². The molecule has 1 saturated carbocycles. The smallest absolute Gasteiger partial charge is 0.404 e. The number of aliphatic hydroxyl groups excluding tert-OH is 7. The van der Waals surface area contributed by atoms with Gasteiger partial charge in [-0.2, -0.15) is 0 Å². The maximum absolute atomic E-state index is 11.3. The SMILES string of the molecule is CN[C@@H]1C(O[C@H]2[C@H](O[C@H]3[C@H](O)[C@@H](O)[C@H](OC(N)=O)[C@@H](O)[C@@H]3N=C(N)N)O[C@@H](C)[C@]2(O)CO)O[C@@H](CO)[C@H](O)[C@H]1O. The van der Waals surface area contributed by atoms with Crippen molar-refractivity contribution in [2.24, 2.45) is 22.2 Å². The van der Waals surface area contributed by atoms with Crippen molar-refractivity contribution in [3.05, 3.63) is 0 Å². The average Bonchev–Trinajstić information content (AvgIpc) is 3.13. The van der Waals surface area contributed by atoms with Gasteiger partial charge in [-0.3, -0.25) is 0 Å². The first kappa shape index (κ1) is 32.5. The summed E-state index contributed by atoms with van der Waals surface area (Å²) < 4.78 is 27.7. The highest BCUT2D eigenvalue weighted by Crippen LogP contribution is 2.39. The Hall–Kier alpha value is -1.98. The molecule has 15 N–H and O–H groups in total. The van der Waals surface area contributed by atoms with Gasteiger partial charge >= 0.3 is 6.09 Å². The number of primary amides is 1. The third-order valence-corrected chi connectivity index (χ3v) is 7.42. The lowest BCUT2D eigenvalue weighted by molar-refractivity contribution is -0.319. The van der Waals surface area contributed by atoms with Gasteiger partial charge in [0.25, 0.3) is 0 Å². The molecule has 3 aliphatic rings. The zero-order valence-electron chi connectivity index (χ0n) is 21.7. The summed E-state index contributed by atoms with van der Waals surface area (Å²) in [5.74, 6) is -0.575. The van der Waals surface area contributed by atoms with Crippen LogP contribution >= 0.6 is 0 Å². The Balaban J connectivity index is 1.95. The predicted octanol–water partition coefficient (Wildman–Crippen LogP) is -7.55. The number of hydrogen-bond donors (Lipinski definition) is 12. The minimum Gasteiger partial charge on any atom is -0.441 e. The van der Waals surface area contributed by atoms with E-state index in [1.54, 1.807) is 0 Å². The molecular weight excluding hydrogens is 546 g/mol. The van der Waals surface area contributed by atoms with Crippen molar-refractivity contribution in [2.75, 3.05) is 20.3 Å². The number of aliphatic hydroxyl groups is 8. The van der Waals surface area contributed by atoms with Crippen molar-refractivity contribution >= 4 is 12.1 Å². The largest absolute Gasteiger partial charge is 0.441 e. The Morgan fingerprint density at radius 3 is 2.08 bits per heavy atom. The molecule has 2 aliphatic heterocycles. The summed E-state index contributed by atoms with van der Waals surface area (Å²) in [6.07, 6.45) is -20.8. The van der Waals surface area contributed by atoms with Crippen molar-refractivity contribution in [3.8, 4) is 0 Å². The summed E-state index contributed by atoms with van der Waals surface area (Å²) in [7, 11) is 1.42. The molecule has 0 spiro atoms. The van der Waals surface area contributed by atoms with Gasteiger partial charge in [0, 0.05) is 0 Å². The maximum Gasteiger partial charge on any atom is 0.404 e. The van der Waals surface area contributed by atoms with Crippen LogP contribution in [0.25, 0.3) is 0 Å². The molecule has 15 atom stereocenters. The van der Waals surface area contributed by atoms with Crippen molar-refractivity contribution < 1.29 is 69.3 Å². The molecule has 0 aromatic heterocycles. The van der Waals surface area contributed by atoms with E-state index in [2.05, 4.69) is 10.3 Å². The van der Waals surface area contributed by atoms with Gasteiger partial charge in [0.1, 0.15) is 60.5 Å². The molecule has 19 nitrogen and oxygen atoms in total. The number of carbonyl (C=O) groups is 1. The lowest BCUT2D eigenvalue weighted by Gasteiger charge is -2.46. The second-order valence-corrected chi connectivity index (χ2v) is 9.89. The van der Waals surface area contributed by atoms with Crippen LogP contribution in [0.3, 0.4) is 0 Å². The zero-order chi connectivity index (χ0) is 30.1. The van der Waals surface area contributed by atoms with E-state index in [-0.39, 0.29) is 0 Å². The fourth-order valence-corrected chi connectivity index (χ4v) is 5.10. The molecule has 1 aliphatic carbocycles. The second kappa shape index (κ2) is 12.9. The molecule has 0 radical (unpaired) electrons. The summed E-state index contributed by atoms with van der Waals surface area (Å²) >= 11 is 0. The first-order valence-corrected chi connectivity index (χ1v) is 12.4. The summed E-state index contributed by atoms with van der Waals surface area (Å²) in [6, 6.07) is -2.69. The van der Waals surface area contributed by atoms with Crippen LogP contribution in [-0.4, -0.2) is 164 Å². The Morgan fingerprint density at radius 1 is 0.925 bits per heavy atom. The fraction of sp³-hybridized carbons (Fsp3) is 0.905. The Bertz CT molecular complexity index is 900. The van der Waals surface area contributed by atoms with E-state index < -0.39 is 117 Å². The van der Waals surface area contributed by atoms with Crippen LogP contribution in [0.1, 0.15) is 6.92 Å². The molecule has 19 heteroatoms. The van der Waals surface area contributed by atoms with Crippen LogP contribution in [0.15, 0.2) is 4.99 Å². The van der Waals surface area contributed by atoms with Crippen molar-refractivity contribution in [3.63, 3.8) is 0 Å². The first-order valence-electron chi connectivity index (χ1n) is 12.4. The van der Waals surface area contributed by atoms with Crippen LogP contribution in [0.5, 0.6) is 0 Å². The molecule has 3 fully saturated rings. The number of nitrogens with zero attached hydrogens (tertiary/aromatic N) is 1. The number of hydrogen-bond acceptors (Lipinski definition) is 16. The Labute approximate surface area is 228 Å². The van der Waals surface area contributed by atoms with E-state index in [0.717, 1.165) is 0 Å². The molecule has 0 bridgehead atoms. The average molecular weight is 586 g/mol. The van der Waals surface area contributed by atoms with Gasteiger partial charge in [0.2, 0.25) is 0 Å². The fourth-order valence-electron chi connectivity index (χ4n) is 5.10. The lowest BCUT2D eigenvalue weighted by atomic mass is 9.83. The van der Waals surface area contributed by atoms with Gasteiger partial charge in [-0.25, -0.2) is 9.79 Å². The molecule has 232 valence electrons. The van der Waals surface area contributed by atoms with Gasteiger partial charge in [-0.1, -0.05) is 0 Å². The number of carbonyl (C=O) groups excluding carboxylic acids is 1. The number of nitrogens with two attached hydrogens (primary N) is 3. The minimum atomic E-state index is -2.18. The van der Waals surface area contributed by atoms with E-state index in [0.29, 0.717) is 0 Å². The molecule has 3 rings (SSSR count). The molecule has 2 saturated heterocycles. The van der Waals surface area contributed by atoms with Crippen LogP contribution in [0.2, 0.25) is 0 Å². The topological polar surface area (TPSA) is 328 Å². The van der Waals surface area contributed by atoms with Crippen LogP contribution in [0.4, 0.5) is 4.79 Å². The third-order valence-electron chi connectivity index (χ3n) is 7.42. The highest BCUT2D eigenvalue weighted by molar-refractivity contribution is 5.76. The number of amides is 1. The summed E-state index contributed by atoms with van der Waals surface area (Å²) in [5, 5.41) is 86.5. The molecular formula is C21H39N5O14. The van der Waals surface area contributed by atoms with Crippen LogP contribution in [0, 0.1) is 0 Å². The molecule has 1 unspecified atom stereocenters. The molecule has 0 aromatic rings. The van der Waals surface area contributed by atoms with E-state index in [9.17, 15) is 45.6 Å². The lowest BCUT2D eigenvalue weighted by Crippen LogP contribution is -2.67. The second-order valence-electron chi connectivity index (χ2n) is 9.89. The number of rotatable bonds is 9. The van der Waals surface area contributed by atoms with Crippen LogP contribution in [-0.2, 0) is 23.7 Å². The van der Waals surface area contributed by atoms with E-state index in [1.165, 1.54) is 14.0 Å². The third kappa shape index (κ3) is 6.11. The zero-order valence-corrected chi connectivity index (χ0v) is 21.7.